The highest BCUT2D eigenvalue weighted by atomic mass is 79.9. The van der Waals surface area contributed by atoms with E-state index in [1.165, 1.54) is 6.92 Å². The molecule has 6 nitrogen and oxygen atoms in total. The Labute approximate surface area is 166 Å². The largest absolute Gasteiger partial charge is 0.451 e. The molecule has 7 heteroatoms. The summed E-state index contributed by atoms with van der Waals surface area (Å²) < 4.78 is 5.84. The van der Waals surface area contributed by atoms with E-state index in [-0.39, 0.29) is 6.54 Å². The molecule has 0 saturated carbocycles. The van der Waals surface area contributed by atoms with Crippen molar-refractivity contribution in [3.05, 3.63) is 63.6 Å². The van der Waals surface area contributed by atoms with E-state index in [4.69, 9.17) is 4.74 Å². The van der Waals surface area contributed by atoms with Gasteiger partial charge in [0.15, 0.2) is 6.10 Å². The number of halogens is 1. The summed E-state index contributed by atoms with van der Waals surface area (Å²) in [4.78, 5) is 36.1. The van der Waals surface area contributed by atoms with Crippen LogP contribution >= 0.6 is 15.9 Å². The number of hydrogen-bond acceptors (Lipinski definition) is 4. The molecule has 1 atom stereocenters. The molecule has 2 amide bonds. The molecule has 0 heterocycles. The first-order chi connectivity index (χ1) is 12.8. The lowest BCUT2D eigenvalue weighted by Crippen LogP contribution is -2.35. The summed E-state index contributed by atoms with van der Waals surface area (Å²) in [6, 6.07) is 12.4. The molecular weight excluding hydrogens is 412 g/mol. The van der Waals surface area contributed by atoms with Crippen molar-refractivity contribution in [1.29, 1.82) is 0 Å². The number of nitrogens with one attached hydrogen (secondary N) is 2. The highest BCUT2D eigenvalue weighted by Gasteiger charge is 2.19. The molecular formula is C20H21BrN2O4. The molecule has 2 aromatic rings. The molecule has 2 N–H and O–H groups in total. The molecule has 0 bridgehead atoms. The maximum Gasteiger partial charge on any atom is 0.326 e. The van der Waals surface area contributed by atoms with Gasteiger partial charge in [-0.25, -0.2) is 0 Å². The van der Waals surface area contributed by atoms with Crippen LogP contribution in [0.15, 0.2) is 46.9 Å². The average molecular weight is 433 g/mol. The molecule has 0 aliphatic heterocycles. The summed E-state index contributed by atoms with van der Waals surface area (Å²) in [6.45, 7) is 5.00. The molecule has 0 aliphatic rings. The van der Waals surface area contributed by atoms with Crippen molar-refractivity contribution in [2.24, 2.45) is 0 Å². The predicted octanol–water partition coefficient (Wildman–Crippen LogP) is 3.37. The van der Waals surface area contributed by atoms with Crippen molar-refractivity contribution in [3.63, 3.8) is 0 Å². The minimum absolute atomic E-state index is 0.327. The normalized spacial score (nSPS) is 11.4. The highest BCUT2D eigenvalue weighted by Crippen LogP contribution is 2.16. The summed E-state index contributed by atoms with van der Waals surface area (Å²) in [5.74, 6) is -1.53. The molecule has 0 saturated heterocycles. The Balaban J connectivity index is 1.83. The molecule has 0 aromatic heterocycles. The average Bonchev–Trinajstić information content (AvgIpc) is 2.61. The number of esters is 1. The summed E-state index contributed by atoms with van der Waals surface area (Å²) >= 11 is 3.28. The van der Waals surface area contributed by atoms with Gasteiger partial charge in [0.25, 0.3) is 11.8 Å². The number of carbonyl (C=O) groups excluding carboxylic acids is 3. The minimum atomic E-state index is -0.985. The number of aryl methyl sites for hydroxylation is 2. The Hall–Kier alpha value is -2.67. The van der Waals surface area contributed by atoms with Gasteiger partial charge in [0, 0.05) is 15.7 Å². The van der Waals surface area contributed by atoms with E-state index in [2.05, 4.69) is 26.6 Å². The number of ether oxygens (including phenoxy) is 1. The molecule has 0 radical (unpaired) electrons. The lowest BCUT2D eigenvalue weighted by Gasteiger charge is -2.15. The smallest absolute Gasteiger partial charge is 0.326 e. The first-order valence-electron chi connectivity index (χ1n) is 8.37. The van der Waals surface area contributed by atoms with Crippen LogP contribution in [0.2, 0.25) is 0 Å². The molecule has 27 heavy (non-hydrogen) atoms. The third-order valence-corrected chi connectivity index (χ3v) is 4.29. The zero-order chi connectivity index (χ0) is 20.0. The van der Waals surface area contributed by atoms with Gasteiger partial charge in [-0.2, -0.15) is 0 Å². The minimum Gasteiger partial charge on any atom is -0.451 e. The van der Waals surface area contributed by atoms with E-state index in [1.54, 1.807) is 30.3 Å². The second-order valence-electron chi connectivity index (χ2n) is 6.13. The van der Waals surface area contributed by atoms with Gasteiger partial charge in [0.2, 0.25) is 0 Å². The van der Waals surface area contributed by atoms with Crippen LogP contribution in [-0.4, -0.2) is 30.4 Å². The first-order valence-corrected chi connectivity index (χ1v) is 9.17. The monoisotopic (exact) mass is 432 g/mol. The third kappa shape index (κ3) is 6.21. The Bertz CT molecular complexity index is 867. The number of amides is 2. The van der Waals surface area contributed by atoms with Crippen LogP contribution in [0, 0.1) is 13.8 Å². The second-order valence-corrected chi connectivity index (χ2v) is 7.05. The van der Waals surface area contributed by atoms with Gasteiger partial charge >= 0.3 is 5.97 Å². The zero-order valence-corrected chi connectivity index (χ0v) is 16.9. The molecule has 0 fully saturated rings. The van der Waals surface area contributed by atoms with E-state index in [0.717, 1.165) is 15.6 Å². The zero-order valence-electron chi connectivity index (χ0n) is 15.3. The topological polar surface area (TPSA) is 84.5 Å². The number of benzene rings is 2. The van der Waals surface area contributed by atoms with Crippen molar-refractivity contribution in [2.75, 3.05) is 11.9 Å². The summed E-state index contributed by atoms with van der Waals surface area (Å²) in [7, 11) is 0. The van der Waals surface area contributed by atoms with Gasteiger partial charge in [0.05, 0.1) is 0 Å². The number of hydrogen-bond donors (Lipinski definition) is 2. The van der Waals surface area contributed by atoms with Crippen LogP contribution in [0.4, 0.5) is 5.69 Å². The standard InChI is InChI=1S/C20H21BrN2O4/c1-12-7-8-17(13(2)9-12)23-19(25)14(3)27-18(24)11-22-20(26)15-5-4-6-16(21)10-15/h4-10,14H,11H2,1-3H3,(H,22,26)(H,23,25). The summed E-state index contributed by atoms with van der Waals surface area (Å²) in [6.07, 6.45) is -0.985. The maximum atomic E-state index is 12.2. The highest BCUT2D eigenvalue weighted by molar-refractivity contribution is 9.10. The quantitative estimate of drug-likeness (QED) is 0.685. The second kappa shape index (κ2) is 9.32. The van der Waals surface area contributed by atoms with Crippen LogP contribution in [-0.2, 0) is 14.3 Å². The Morgan fingerprint density at radius 2 is 1.85 bits per heavy atom. The molecule has 0 aliphatic carbocycles. The van der Waals surface area contributed by atoms with Gasteiger partial charge in [-0.15, -0.1) is 0 Å². The SMILES string of the molecule is Cc1ccc(NC(=O)C(C)OC(=O)CNC(=O)c2cccc(Br)c2)c(C)c1. The van der Waals surface area contributed by atoms with E-state index in [9.17, 15) is 14.4 Å². The van der Waals surface area contributed by atoms with E-state index < -0.39 is 23.9 Å². The number of anilines is 1. The Morgan fingerprint density at radius 3 is 2.52 bits per heavy atom. The van der Waals surface area contributed by atoms with E-state index >= 15 is 0 Å². The molecule has 142 valence electrons. The van der Waals surface area contributed by atoms with Crippen molar-refractivity contribution in [3.8, 4) is 0 Å². The van der Waals surface area contributed by atoms with E-state index in [1.807, 2.05) is 26.0 Å². The fourth-order valence-electron chi connectivity index (χ4n) is 2.36. The van der Waals surface area contributed by atoms with Crippen molar-refractivity contribution in [1.82, 2.24) is 5.32 Å². The number of rotatable bonds is 6. The molecule has 2 aromatic carbocycles. The van der Waals surface area contributed by atoms with Gasteiger partial charge in [-0.05, 0) is 50.6 Å². The molecule has 1 unspecified atom stereocenters. The number of carbonyl (C=O) groups is 3. The van der Waals surface area contributed by atoms with Gasteiger partial charge in [-0.1, -0.05) is 39.7 Å². The summed E-state index contributed by atoms with van der Waals surface area (Å²) in [5.41, 5.74) is 3.09. The fraction of sp³-hybridized carbons (Fsp3) is 0.250. The first kappa shape index (κ1) is 20.6. The van der Waals surface area contributed by atoms with Crippen molar-refractivity contribution in [2.45, 2.75) is 26.9 Å². The van der Waals surface area contributed by atoms with Crippen LogP contribution in [0.25, 0.3) is 0 Å². The van der Waals surface area contributed by atoms with Gasteiger partial charge in [0.1, 0.15) is 6.54 Å². The molecule has 2 rings (SSSR count). The van der Waals surface area contributed by atoms with E-state index in [0.29, 0.717) is 11.3 Å². The van der Waals surface area contributed by atoms with Crippen LogP contribution < -0.4 is 10.6 Å². The van der Waals surface area contributed by atoms with Gasteiger partial charge in [-0.3, -0.25) is 14.4 Å². The maximum absolute atomic E-state index is 12.2. The molecule has 0 spiro atoms. The van der Waals surface area contributed by atoms with Crippen LogP contribution in [0.5, 0.6) is 0 Å². The van der Waals surface area contributed by atoms with Crippen LogP contribution in [0.1, 0.15) is 28.4 Å². The third-order valence-electron chi connectivity index (χ3n) is 3.80. The lowest BCUT2D eigenvalue weighted by molar-refractivity contribution is -0.152. The fourth-order valence-corrected chi connectivity index (χ4v) is 2.76. The van der Waals surface area contributed by atoms with Crippen molar-refractivity contribution >= 4 is 39.4 Å². The summed E-state index contributed by atoms with van der Waals surface area (Å²) in [5, 5.41) is 5.20. The predicted molar refractivity (Wildman–Crippen MR) is 107 cm³/mol. The van der Waals surface area contributed by atoms with Gasteiger partial charge < -0.3 is 15.4 Å². The lowest BCUT2D eigenvalue weighted by atomic mass is 10.1. The Morgan fingerprint density at radius 1 is 1.11 bits per heavy atom. The Kier molecular flexibility index (Phi) is 7.12. The van der Waals surface area contributed by atoms with Crippen LogP contribution in [0.3, 0.4) is 0 Å². The van der Waals surface area contributed by atoms with Crippen molar-refractivity contribution < 1.29 is 19.1 Å².